The van der Waals surface area contributed by atoms with Crippen LogP contribution in [0, 0.1) is 0 Å². The lowest BCUT2D eigenvalue weighted by Gasteiger charge is -2.29. The van der Waals surface area contributed by atoms with Gasteiger partial charge in [-0.1, -0.05) is 12.5 Å². The Hall–Kier alpha value is -3.26. The first-order chi connectivity index (χ1) is 15.7. The number of aromatic nitrogens is 4. The van der Waals surface area contributed by atoms with Crippen LogP contribution in [-0.4, -0.2) is 57.3 Å². The van der Waals surface area contributed by atoms with Gasteiger partial charge < -0.3 is 20.1 Å². The highest BCUT2D eigenvalue weighted by Gasteiger charge is 2.27. The highest BCUT2D eigenvalue weighted by Crippen LogP contribution is 2.33. The number of anilines is 1. The molecule has 3 heterocycles. The molecular weight excluding hydrogens is 404 g/mol. The minimum absolute atomic E-state index is 0.144. The van der Waals surface area contributed by atoms with E-state index in [4.69, 9.17) is 4.74 Å². The van der Waals surface area contributed by atoms with Crippen LogP contribution in [0.5, 0.6) is 11.6 Å². The van der Waals surface area contributed by atoms with E-state index in [1.807, 2.05) is 37.3 Å². The van der Waals surface area contributed by atoms with Crippen LogP contribution in [-0.2, 0) is 0 Å². The first-order valence-corrected chi connectivity index (χ1v) is 11.3. The molecule has 1 aliphatic heterocycles. The maximum absolute atomic E-state index is 10.7. The quantitative estimate of drug-likeness (QED) is 0.586. The summed E-state index contributed by atoms with van der Waals surface area (Å²) in [6.45, 7) is 4.37. The standard InChI is InChI=1S/C24H28N6O2/c1-2-32-24-13-17(14-25-29-24)16-6-7-20(22(31)12-16)21-8-9-23(28-27-21)30-11-10-19(15-30)26-18-4-3-5-18/h6-9,12-14,18-19,26,31H,2-5,10-11,15H2,1H3/t19-/m0/s1. The van der Waals surface area contributed by atoms with Crippen LogP contribution in [0.1, 0.15) is 32.6 Å². The Labute approximate surface area is 187 Å². The lowest BCUT2D eigenvalue weighted by atomic mass is 9.92. The highest BCUT2D eigenvalue weighted by molar-refractivity contribution is 5.74. The molecule has 2 aromatic heterocycles. The number of ether oxygens (including phenoxy) is 1. The minimum atomic E-state index is 0.144. The van der Waals surface area contributed by atoms with E-state index < -0.39 is 0 Å². The molecule has 1 saturated heterocycles. The van der Waals surface area contributed by atoms with E-state index in [9.17, 15) is 5.11 Å². The van der Waals surface area contributed by atoms with Gasteiger partial charge in [-0.15, -0.1) is 15.3 Å². The Balaban J connectivity index is 1.28. The molecular formula is C24H28N6O2. The summed E-state index contributed by atoms with van der Waals surface area (Å²) in [6, 6.07) is 12.4. The molecule has 0 bridgehead atoms. The second-order valence-electron chi connectivity index (χ2n) is 8.45. The monoisotopic (exact) mass is 432 g/mol. The number of nitrogens with one attached hydrogen (secondary N) is 1. The molecule has 2 fully saturated rings. The van der Waals surface area contributed by atoms with Crippen LogP contribution >= 0.6 is 0 Å². The largest absolute Gasteiger partial charge is 0.507 e. The summed E-state index contributed by atoms with van der Waals surface area (Å²) in [5, 5.41) is 31.2. The summed E-state index contributed by atoms with van der Waals surface area (Å²) in [6.07, 6.45) is 6.74. The van der Waals surface area contributed by atoms with Crippen molar-refractivity contribution in [2.45, 2.75) is 44.7 Å². The van der Waals surface area contributed by atoms with Crippen LogP contribution in [0.15, 0.2) is 42.6 Å². The lowest BCUT2D eigenvalue weighted by molar-refractivity contribution is 0.311. The van der Waals surface area contributed by atoms with Crippen LogP contribution < -0.4 is 15.0 Å². The Bertz CT molecular complexity index is 1070. The van der Waals surface area contributed by atoms with E-state index in [-0.39, 0.29) is 5.75 Å². The molecule has 32 heavy (non-hydrogen) atoms. The van der Waals surface area contributed by atoms with Gasteiger partial charge in [-0.05, 0) is 56.0 Å². The summed E-state index contributed by atoms with van der Waals surface area (Å²) in [7, 11) is 0. The number of hydrogen-bond donors (Lipinski definition) is 2. The van der Waals surface area contributed by atoms with Crippen molar-refractivity contribution >= 4 is 5.82 Å². The van der Waals surface area contributed by atoms with Gasteiger partial charge in [0, 0.05) is 42.4 Å². The molecule has 0 amide bonds. The fourth-order valence-corrected chi connectivity index (χ4v) is 4.30. The Morgan fingerprint density at radius 3 is 2.66 bits per heavy atom. The summed E-state index contributed by atoms with van der Waals surface area (Å²) in [5.74, 6) is 1.49. The molecule has 1 aliphatic carbocycles. The molecule has 3 aromatic rings. The van der Waals surface area contributed by atoms with Gasteiger partial charge in [0.05, 0.1) is 18.5 Å². The van der Waals surface area contributed by atoms with Crippen molar-refractivity contribution in [3.05, 3.63) is 42.6 Å². The maximum atomic E-state index is 10.7. The smallest absolute Gasteiger partial charge is 0.233 e. The Morgan fingerprint density at radius 1 is 1.03 bits per heavy atom. The Kier molecular flexibility index (Phi) is 5.85. The molecule has 1 atom stereocenters. The van der Waals surface area contributed by atoms with Crippen LogP contribution in [0.2, 0.25) is 0 Å². The van der Waals surface area contributed by atoms with Crippen molar-refractivity contribution in [2.75, 3.05) is 24.6 Å². The normalized spacial score (nSPS) is 18.5. The predicted octanol–water partition coefficient (Wildman–Crippen LogP) is 3.43. The number of benzene rings is 1. The zero-order valence-corrected chi connectivity index (χ0v) is 18.2. The molecule has 2 N–H and O–H groups in total. The number of rotatable bonds is 7. The van der Waals surface area contributed by atoms with E-state index in [2.05, 4.69) is 30.6 Å². The van der Waals surface area contributed by atoms with Crippen molar-refractivity contribution in [3.63, 3.8) is 0 Å². The molecule has 2 aliphatic rings. The number of hydrogen-bond acceptors (Lipinski definition) is 8. The van der Waals surface area contributed by atoms with E-state index in [0.29, 0.717) is 35.8 Å². The zero-order chi connectivity index (χ0) is 21.9. The zero-order valence-electron chi connectivity index (χ0n) is 18.2. The average molecular weight is 433 g/mol. The number of phenols is 1. The van der Waals surface area contributed by atoms with E-state index >= 15 is 0 Å². The van der Waals surface area contributed by atoms with Gasteiger partial charge in [0.1, 0.15) is 5.75 Å². The fraction of sp³-hybridized carbons (Fsp3) is 0.417. The summed E-state index contributed by atoms with van der Waals surface area (Å²) in [5.41, 5.74) is 2.94. The summed E-state index contributed by atoms with van der Waals surface area (Å²) >= 11 is 0. The van der Waals surface area contributed by atoms with Crippen molar-refractivity contribution in [1.29, 1.82) is 0 Å². The van der Waals surface area contributed by atoms with E-state index in [0.717, 1.165) is 36.5 Å². The van der Waals surface area contributed by atoms with Crippen LogP contribution in [0.3, 0.4) is 0 Å². The molecule has 1 aromatic carbocycles. The van der Waals surface area contributed by atoms with Gasteiger partial charge in [-0.3, -0.25) is 0 Å². The van der Waals surface area contributed by atoms with Gasteiger partial charge in [-0.2, -0.15) is 5.10 Å². The second kappa shape index (κ2) is 9.08. The molecule has 8 nitrogen and oxygen atoms in total. The van der Waals surface area contributed by atoms with Gasteiger partial charge >= 0.3 is 0 Å². The Morgan fingerprint density at radius 2 is 1.94 bits per heavy atom. The van der Waals surface area contributed by atoms with Crippen LogP contribution in [0.25, 0.3) is 22.4 Å². The number of aromatic hydroxyl groups is 1. The third-order valence-corrected chi connectivity index (χ3v) is 6.27. The summed E-state index contributed by atoms with van der Waals surface area (Å²) in [4.78, 5) is 2.28. The fourth-order valence-electron chi connectivity index (χ4n) is 4.30. The van der Waals surface area contributed by atoms with E-state index in [1.54, 1.807) is 12.3 Å². The number of nitrogens with zero attached hydrogens (tertiary/aromatic N) is 5. The van der Waals surface area contributed by atoms with Gasteiger partial charge in [0.15, 0.2) is 5.82 Å². The van der Waals surface area contributed by atoms with Crippen molar-refractivity contribution in [3.8, 4) is 34.0 Å². The van der Waals surface area contributed by atoms with Crippen molar-refractivity contribution in [2.24, 2.45) is 0 Å². The second-order valence-corrected chi connectivity index (χ2v) is 8.45. The lowest BCUT2D eigenvalue weighted by Crippen LogP contribution is -2.43. The molecule has 0 spiro atoms. The van der Waals surface area contributed by atoms with E-state index in [1.165, 1.54) is 19.3 Å². The molecule has 8 heteroatoms. The first kappa shape index (κ1) is 20.6. The maximum Gasteiger partial charge on any atom is 0.233 e. The predicted molar refractivity (Wildman–Crippen MR) is 123 cm³/mol. The average Bonchev–Trinajstić information content (AvgIpc) is 3.26. The van der Waals surface area contributed by atoms with Gasteiger partial charge in [-0.25, -0.2) is 0 Å². The van der Waals surface area contributed by atoms with Gasteiger partial charge in [0.2, 0.25) is 5.88 Å². The third kappa shape index (κ3) is 4.36. The van der Waals surface area contributed by atoms with Crippen molar-refractivity contribution < 1.29 is 9.84 Å². The first-order valence-electron chi connectivity index (χ1n) is 11.3. The highest BCUT2D eigenvalue weighted by atomic mass is 16.5. The molecule has 166 valence electrons. The molecule has 0 unspecified atom stereocenters. The topological polar surface area (TPSA) is 96.3 Å². The minimum Gasteiger partial charge on any atom is -0.507 e. The molecule has 0 radical (unpaired) electrons. The summed E-state index contributed by atoms with van der Waals surface area (Å²) < 4.78 is 5.42. The molecule has 5 rings (SSSR count). The third-order valence-electron chi connectivity index (χ3n) is 6.27. The number of phenolic OH excluding ortho intramolecular Hbond substituents is 1. The SMILES string of the molecule is CCOc1cc(-c2ccc(-c3ccc(N4CC[C@H](NC5CCC5)C4)nn3)c(O)c2)cnn1. The molecule has 1 saturated carbocycles. The van der Waals surface area contributed by atoms with Crippen molar-refractivity contribution in [1.82, 2.24) is 25.7 Å². The van der Waals surface area contributed by atoms with Crippen LogP contribution in [0.4, 0.5) is 5.82 Å². The van der Waals surface area contributed by atoms with Gasteiger partial charge in [0.25, 0.3) is 0 Å².